The molecule has 0 unspecified atom stereocenters. The first-order chi connectivity index (χ1) is 14.0. The Kier molecular flexibility index (Phi) is 6.00. The van der Waals surface area contributed by atoms with Crippen molar-refractivity contribution in [3.05, 3.63) is 41.8 Å². The molecule has 1 N–H and O–H groups in total. The third kappa shape index (κ3) is 4.37. The third-order valence-corrected chi connectivity index (χ3v) is 7.80. The summed E-state index contributed by atoms with van der Waals surface area (Å²) in [6.45, 7) is 5.44. The maximum absolute atomic E-state index is 13.2. The lowest BCUT2D eigenvalue weighted by atomic mass is 9.92. The number of nitrogens with zero attached hydrogens (tertiary/aromatic N) is 3. The van der Waals surface area contributed by atoms with Gasteiger partial charge in [-0.2, -0.15) is 9.40 Å². The number of ether oxygens (including phenoxy) is 1. The molecule has 2 aromatic rings. The molecule has 7 nitrogen and oxygen atoms in total. The van der Waals surface area contributed by atoms with Gasteiger partial charge in [-0.05, 0) is 37.6 Å². The van der Waals surface area contributed by atoms with E-state index in [-0.39, 0.29) is 23.5 Å². The van der Waals surface area contributed by atoms with Gasteiger partial charge in [0, 0.05) is 49.3 Å². The van der Waals surface area contributed by atoms with Crippen molar-refractivity contribution in [2.45, 2.75) is 25.9 Å². The number of aromatic amines is 1. The monoisotopic (exact) mass is 422 g/mol. The number of sulfonamides is 1. The molecule has 2 fully saturated rings. The first-order valence-corrected chi connectivity index (χ1v) is 11.7. The van der Waals surface area contributed by atoms with Crippen molar-refractivity contribution in [2.24, 2.45) is 5.92 Å². The van der Waals surface area contributed by atoms with E-state index in [0.29, 0.717) is 26.3 Å². The summed E-state index contributed by atoms with van der Waals surface area (Å²) in [7, 11) is -3.24. The van der Waals surface area contributed by atoms with E-state index >= 15 is 0 Å². The average Bonchev–Trinajstić information content (AvgIpc) is 3.06. The Hall–Kier alpha value is -1.81. The second kappa shape index (κ2) is 8.51. The van der Waals surface area contributed by atoms with E-state index in [4.69, 9.17) is 4.74 Å². The Morgan fingerprint density at radius 1 is 1.28 bits per heavy atom. The fraction of sp³-hybridized carbons (Fsp3) is 0.550. The molecule has 1 aromatic heterocycles. The quantitative estimate of drug-likeness (QED) is 0.798. The van der Waals surface area contributed by atoms with Crippen LogP contribution in [-0.2, 0) is 21.3 Å². The van der Waals surface area contributed by atoms with Gasteiger partial charge in [0.25, 0.3) is 0 Å². The fourth-order valence-corrected chi connectivity index (χ4v) is 5.76. The van der Waals surface area contributed by atoms with E-state index in [0.717, 1.165) is 36.3 Å². The van der Waals surface area contributed by atoms with E-state index in [1.54, 1.807) is 23.4 Å². The van der Waals surface area contributed by atoms with Gasteiger partial charge in [-0.3, -0.25) is 10.00 Å². The van der Waals surface area contributed by atoms with Crippen LogP contribution in [0.5, 0.6) is 0 Å². The molecule has 158 valence electrons. The van der Waals surface area contributed by atoms with Gasteiger partial charge in [-0.25, -0.2) is 12.8 Å². The number of rotatable bonds is 5. The zero-order valence-electron chi connectivity index (χ0n) is 16.6. The number of hydrogen-bond donors (Lipinski definition) is 1. The molecule has 2 atom stereocenters. The van der Waals surface area contributed by atoms with E-state index in [1.165, 1.54) is 12.1 Å². The number of nitrogens with one attached hydrogen (secondary N) is 1. The van der Waals surface area contributed by atoms with Gasteiger partial charge in [-0.15, -0.1) is 0 Å². The predicted octanol–water partition coefficient (Wildman–Crippen LogP) is 2.09. The normalized spacial score (nSPS) is 24.2. The summed E-state index contributed by atoms with van der Waals surface area (Å²) < 4.78 is 45.7. The topological polar surface area (TPSA) is 78.5 Å². The molecular weight excluding hydrogens is 395 g/mol. The van der Waals surface area contributed by atoms with Crippen LogP contribution < -0.4 is 0 Å². The van der Waals surface area contributed by atoms with Crippen LogP contribution in [0, 0.1) is 11.7 Å². The summed E-state index contributed by atoms with van der Waals surface area (Å²) in [6, 6.07) is 6.37. The standard InChI is InChI=1S/C20H27FN4O3S/c1-2-29(26,27)25-9-10-28-14-17-13-24(8-7-19(17)25)12-16-11-22-23-20(16)15-3-5-18(21)6-4-15/h3-6,11,17,19H,2,7-10,12-14H2,1H3,(H,22,23)/t17-,19-/m1/s1. The van der Waals surface area contributed by atoms with Crippen LogP contribution in [0.1, 0.15) is 18.9 Å². The van der Waals surface area contributed by atoms with Crippen molar-refractivity contribution in [3.8, 4) is 11.3 Å². The molecule has 2 aliphatic rings. The highest BCUT2D eigenvalue weighted by molar-refractivity contribution is 7.89. The molecule has 4 rings (SSSR count). The van der Waals surface area contributed by atoms with E-state index in [1.807, 2.05) is 6.20 Å². The Morgan fingerprint density at radius 2 is 2.07 bits per heavy atom. The number of hydrogen-bond acceptors (Lipinski definition) is 5. The van der Waals surface area contributed by atoms with Gasteiger partial charge in [0.05, 0.1) is 30.9 Å². The largest absolute Gasteiger partial charge is 0.380 e. The number of piperidine rings is 1. The number of fused-ring (bicyclic) bond motifs is 1. The summed E-state index contributed by atoms with van der Waals surface area (Å²) in [6.07, 6.45) is 2.60. The summed E-state index contributed by atoms with van der Waals surface area (Å²) in [5.74, 6) is 0.00119. The van der Waals surface area contributed by atoms with E-state index in [9.17, 15) is 12.8 Å². The van der Waals surface area contributed by atoms with Gasteiger partial charge >= 0.3 is 0 Å². The molecule has 1 aromatic carbocycles. The number of likely N-dealkylation sites (tertiary alicyclic amines) is 1. The maximum Gasteiger partial charge on any atom is 0.214 e. The first kappa shape index (κ1) is 20.5. The van der Waals surface area contributed by atoms with Crippen LogP contribution in [0.4, 0.5) is 4.39 Å². The molecule has 2 saturated heterocycles. The highest BCUT2D eigenvalue weighted by atomic mass is 32.2. The van der Waals surface area contributed by atoms with Crippen molar-refractivity contribution < 1.29 is 17.5 Å². The van der Waals surface area contributed by atoms with Crippen molar-refractivity contribution >= 4 is 10.0 Å². The van der Waals surface area contributed by atoms with Crippen LogP contribution in [0.3, 0.4) is 0 Å². The average molecular weight is 423 g/mol. The molecule has 0 aliphatic carbocycles. The van der Waals surface area contributed by atoms with Crippen molar-refractivity contribution in [3.63, 3.8) is 0 Å². The minimum absolute atomic E-state index is 0.000353. The Morgan fingerprint density at radius 3 is 2.83 bits per heavy atom. The first-order valence-electron chi connectivity index (χ1n) is 10.1. The summed E-state index contributed by atoms with van der Waals surface area (Å²) in [4.78, 5) is 2.32. The second-order valence-corrected chi connectivity index (χ2v) is 9.92. The Balaban J connectivity index is 1.48. The van der Waals surface area contributed by atoms with E-state index in [2.05, 4.69) is 15.1 Å². The van der Waals surface area contributed by atoms with Gasteiger partial charge in [0.2, 0.25) is 10.0 Å². The van der Waals surface area contributed by atoms with Crippen molar-refractivity contribution in [2.75, 3.05) is 38.6 Å². The Labute approximate surface area is 170 Å². The maximum atomic E-state index is 13.2. The molecule has 2 aliphatic heterocycles. The Bertz CT molecular complexity index is 931. The lowest BCUT2D eigenvalue weighted by molar-refractivity contribution is 0.0613. The van der Waals surface area contributed by atoms with Gasteiger partial charge in [0.1, 0.15) is 5.82 Å². The predicted molar refractivity (Wildman–Crippen MR) is 108 cm³/mol. The molecule has 0 saturated carbocycles. The smallest absolute Gasteiger partial charge is 0.214 e. The lowest BCUT2D eigenvalue weighted by Crippen LogP contribution is -2.53. The molecule has 0 radical (unpaired) electrons. The number of aromatic nitrogens is 2. The van der Waals surface area contributed by atoms with Crippen LogP contribution in [0.15, 0.2) is 30.5 Å². The summed E-state index contributed by atoms with van der Waals surface area (Å²) in [5.41, 5.74) is 2.83. The molecule has 9 heteroatoms. The SMILES string of the molecule is CCS(=O)(=O)N1CCOC[C@H]2CN(Cc3cn[nH]c3-c3ccc(F)cc3)CC[C@H]21. The molecule has 0 amide bonds. The molecule has 0 bridgehead atoms. The van der Waals surface area contributed by atoms with Gasteiger partial charge in [-0.1, -0.05) is 0 Å². The number of H-pyrrole nitrogens is 1. The third-order valence-electron chi connectivity index (χ3n) is 5.90. The van der Waals surface area contributed by atoms with Crippen LogP contribution in [-0.4, -0.2) is 72.5 Å². The fourth-order valence-electron chi connectivity index (χ4n) is 4.39. The summed E-state index contributed by atoms with van der Waals surface area (Å²) in [5, 5.41) is 7.20. The molecular formula is C20H27FN4O3S. The number of halogens is 1. The van der Waals surface area contributed by atoms with Crippen molar-refractivity contribution in [1.29, 1.82) is 0 Å². The van der Waals surface area contributed by atoms with Crippen LogP contribution >= 0.6 is 0 Å². The zero-order valence-corrected chi connectivity index (χ0v) is 17.4. The number of benzene rings is 1. The zero-order chi connectivity index (χ0) is 20.4. The van der Waals surface area contributed by atoms with Crippen LogP contribution in [0.25, 0.3) is 11.3 Å². The lowest BCUT2D eigenvalue weighted by Gasteiger charge is -2.41. The van der Waals surface area contributed by atoms with Gasteiger partial charge in [0.15, 0.2) is 0 Å². The highest BCUT2D eigenvalue weighted by Gasteiger charge is 2.39. The second-order valence-electron chi connectivity index (χ2n) is 7.71. The highest BCUT2D eigenvalue weighted by Crippen LogP contribution is 2.29. The minimum atomic E-state index is -3.24. The van der Waals surface area contributed by atoms with E-state index < -0.39 is 10.0 Å². The molecule has 0 spiro atoms. The van der Waals surface area contributed by atoms with Crippen LogP contribution in [0.2, 0.25) is 0 Å². The molecule has 3 heterocycles. The summed E-state index contributed by atoms with van der Waals surface area (Å²) >= 11 is 0. The minimum Gasteiger partial charge on any atom is -0.380 e. The van der Waals surface area contributed by atoms with Gasteiger partial charge < -0.3 is 4.74 Å². The molecule has 29 heavy (non-hydrogen) atoms. The van der Waals surface area contributed by atoms with Crippen molar-refractivity contribution in [1.82, 2.24) is 19.4 Å².